The summed E-state index contributed by atoms with van der Waals surface area (Å²) in [5, 5.41) is 8.78. The molecule has 3 rings (SSSR count). The molecular formula is C20H29ClIN5OS. The lowest BCUT2D eigenvalue weighted by Crippen LogP contribution is -2.46. The number of hydrogen-bond donors (Lipinski definition) is 2. The highest BCUT2D eigenvalue weighted by Gasteiger charge is 2.24. The van der Waals surface area contributed by atoms with Crippen LogP contribution in [0.1, 0.15) is 21.5 Å². The van der Waals surface area contributed by atoms with Crippen molar-refractivity contribution in [3.63, 3.8) is 0 Å². The van der Waals surface area contributed by atoms with Crippen molar-refractivity contribution < 1.29 is 4.74 Å². The van der Waals surface area contributed by atoms with Crippen molar-refractivity contribution in [1.29, 1.82) is 0 Å². The van der Waals surface area contributed by atoms with Crippen LogP contribution in [0.3, 0.4) is 0 Å². The van der Waals surface area contributed by atoms with Gasteiger partial charge < -0.3 is 15.4 Å². The smallest absolute Gasteiger partial charge is 0.191 e. The average molecular weight is 550 g/mol. The van der Waals surface area contributed by atoms with Crippen molar-refractivity contribution in [3.8, 4) is 0 Å². The Morgan fingerprint density at radius 3 is 2.72 bits per heavy atom. The third kappa shape index (κ3) is 7.36. The van der Waals surface area contributed by atoms with Gasteiger partial charge in [-0.2, -0.15) is 0 Å². The lowest BCUT2D eigenvalue weighted by molar-refractivity contribution is 0.0170. The number of rotatable bonds is 7. The molecule has 9 heteroatoms. The molecule has 1 fully saturated rings. The SMILES string of the molecule is CN=C(NCCc1ncc(C)s1)NCC(c1ccccc1Cl)N1CCOCC1.I. The number of halogens is 2. The monoisotopic (exact) mass is 549 g/mol. The van der Waals surface area contributed by atoms with E-state index in [0.29, 0.717) is 0 Å². The first-order valence-electron chi connectivity index (χ1n) is 9.59. The Labute approximate surface area is 199 Å². The van der Waals surface area contributed by atoms with Crippen LogP contribution in [0, 0.1) is 6.92 Å². The number of benzene rings is 1. The summed E-state index contributed by atoms with van der Waals surface area (Å²) in [6.07, 6.45) is 2.81. The fraction of sp³-hybridized carbons (Fsp3) is 0.500. The maximum Gasteiger partial charge on any atom is 0.191 e. The molecule has 1 saturated heterocycles. The molecular weight excluding hydrogens is 521 g/mol. The van der Waals surface area contributed by atoms with Crippen LogP contribution >= 0.6 is 46.9 Å². The topological polar surface area (TPSA) is 61.8 Å². The highest BCUT2D eigenvalue weighted by molar-refractivity contribution is 14.0. The van der Waals surface area contributed by atoms with Gasteiger partial charge in [-0.1, -0.05) is 29.8 Å². The summed E-state index contributed by atoms with van der Waals surface area (Å²) in [5.41, 5.74) is 1.13. The summed E-state index contributed by atoms with van der Waals surface area (Å²) in [4.78, 5) is 12.4. The highest BCUT2D eigenvalue weighted by Crippen LogP contribution is 2.27. The maximum atomic E-state index is 6.50. The van der Waals surface area contributed by atoms with Crippen LogP contribution in [0.5, 0.6) is 0 Å². The van der Waals surface area contributed by atoms with Crippen molar-refractivity contribution in [2.75, 3.05) is 46.4 Å². The number of hydrogen-bond acceptors (Lipinski definition) is 5. The second-order valence-corrected chi connectivity index (χ2v) is 8.41. The Kier molecular flexibility index (Phi) is 10.6. The molecule has 1 atom stereocenters. The van der Waals surface area contributed by atoms with Crippen molar-refractivity contribution in [2.45, 2.75) is 19.4 Å². The van der Waals surface area contributed by atoms with Gasteiger partial charge in [0.1, 0.15) is 0 Å². The summed E-state index contributed by atoms with van der Waals surface area (Å²) in [5.74, 6) is 0.790. The van der Waals surface area contributed by atoms with E-state index in [2.05, 4.69) is 38.5 Å². The van der Waals surface area contributed by atoms with Crippen LogP contribution in [0.15, 0.2) is 35.5 Å². The van der Waals surface area contributed by atoms with E-state index in [1.807, 2.05) is 24.4 Å². The van der Waals surface area contributed by atoms with Crippen LogP contribution in [-0.2, 0) is 11.2 Å². The average Bonchev–Trinajstić information content (AvgIpc) is 3.14. The Bertz CT molecular complexity index is 782. The van der Waals surface area contributed by atoms with E-state index in [0.717, 1.165) is 67.4 Å². The number of aryl methyl sites for hydroxylation is 1. The molecule has 160 valence electrons. The van der Waals surface area contributed by atoms with Gasteiger partial charge in [0.05, 0.1) is 24.3 Å². The molecule has 29 heavy (non-hydrogen) atoms. The van der Waals surface area contributed by atoms with Gasteiger partial charge in [0.25, 0.3) is 0 Å². The molecule has 1 aliphatic heterocycles. The molecule has 1 aliphatic rings. The minimum Gasteiger partial charge on any atom is -0.379 e. The number of aromatic nitrogens is 1. The third-order valence-corrected chi connectivity index (χ3v) is 6.05. The Morgan fingerprint density at radius 1 is 1.31 bits per heavy atom. The Morgan fingerprint density at radius 2 is 2.07 bits per heavy atom. The molecule has 1 aromatic heterocycles. The Balaban J connectivity index is 0.00000300. The Hall–Kier alpha value is -0.940. The second-order valence-electron chi connectivity index (χ2n) is 6.68. The molecule has 0 spiro atoms. The number of morpholine rings is 1. The molecule has 2 heterocycles. The lowest BCUT2D eigenvalue weighted by atomic mass is 10.0. The first-order valence-corrected chi connectivity index (χ1v) is 10.8. The molecule has 6 nitrogen and oxygen atoms in total. The number of nitrogens with one attached hydrogen (secondary N) is 2. The first-order chi connectivity index (χ1) is 13.7. The minimum atomic E-state index is 0. The quantitative estimate of drug-likeness (QED) is 0.315. The van der Waals surface area contributed by atoms with Crippen LogP contribution in [0.4, 0.5) is 0 Å². The number of nitrogens with zero attached hydrogens (tertiary/aromatic N) is 3. The standard InChI is InChI=1S/C20H28ClN5OS.HI/c1-15-13-24-19(28-15)7-8-23-20(22-2)25-14-18(26-9-11-27-12-10-26)16-5-3-4-6-17(16)21;/h3-6,13,18H,7-12,14H2,1-2H3,(H2,22,23,25);1H. The van der Waals surface area contributed by atoms with Crippen molar-refractivity contribution in [1.82, 2.24) is 20.5 Å². The van der Waals surface area contributed by atoms with Gasteiger partial charge >= 0.3 is 0 Å². The van der Waals surface area contributed by atoms with E-state index in [1.54, 1.807) is 18.4 Å². The molecule has 0 bridgehead atoms. The van der Waals surface area contributed by atoms with E-state index < -0.39 is 0 Å². The molecule has 0 amide bonds. The normalized spacial score (nSPS) is 16.2. The molecule has 2 aromatic rings. The van der Waals surface area contributed by atoms with Crippen molar-refractivity contribution in [2.24, 2.45) is 4.99 Å². The summed E-state index contributed by atoms with van der Waals surface area (Å²) >= 11 is 8.24. The fourth-order valence-electron chi connectivity index (χ4n) is 3.29. The van der Waals surface area contributed by atoms with Crippen LogP contribution in [-0.4, -0.2) is 62.3 Å². The molecule has 0 radical (unpaired) electrons. The van der Waals surface area contributed by atoms with Gasteiger partial charge in [-0.3, -0.25) is 9.89 Å². The summed E-state index contributed by atoms with van der Waals surface area (Å²) < 4.78 is 5.52. The zero-order valence-corrected chi connectivity index (χ0v) is 20.8. The summed E-state index contributed by atoms with van der Waals surface area (Å²) in [7, 11) is 1.79. The van der Waals surface area contributed by atoms with E-state index in [1.165, 1.54) is 4.88 Å². The second kappa shape index (κ2) is 12.7. The summed E-state index contributed by atoms with van der Waals surface area (Å²) in [6.45, 7) is 6.89. The van der Waals surface area contributed by atoms with Crippen molar-refractivity contribution >= 4 is 52.9 Å². The summed E-state index contributed by atoms with van der Waals surface area (Å²) in [6, 6.07) is 8.23. The van der Waals surface area contributed by atoms with Crippen LogP contribution < -0.4 is 10.6 Å². The minimum absolute atomic E-state index is 0. The zero-order valence-electron chi connectivity index (χ0n) is 16.9. The largest absolute Gasteiger partial charge is 0.379 e. The molecule has 0 aliphatic carbocycles. The van der Waals surface area contributed by atoms with Gasteiger partial charge in [-0.15, -0.1) is 35.3 Å². The lowest BCUT2D eigenvalue weighted by Gasteiger charge is -2.35. The van der Waals surface area contributed by atoms with Gasteiger partial charge in [0.15, 0.2) is 5.96 Å². The van der Waals surface area contributed by atoms with E-state index in [-0.39, 0.29) is 30.0 Å². The highest BCUT2D eigenvalue weighted by atomic mass is 127. The van der Waals surface area contributed by atoms with Gasteiger partial charge in [0, 0.05) is 55.7 Å². The molecule has 1 aromatic carbocycles. The van der Waals surface area contributed by atoms with Gasteiger partial charge in [-0.25, -0.2) is 4.98 Å². The number of thiazole rings is 1. The molecule has 2 N–H and O–H groups in total. The molecule has 1 unspecified atom stereocenters. The maximum absolute atomic E-state index is 6.50. The predicted octanol–water partition coefficient (Wildman–Crippen LogP) is 3.50. The van der Waals surface area contributed by atoms with Gasteiger partial charge in [-0.05, 0) is 18.6 Å². The van der Waals surface area contributed by atoms with E-state index >= 15 is 0 Å². The van der Waals surface area contributed by atoms with Crippen LogP contribution in [0.2, 0.25) is 5.02 Å². The first kappa shape index (κ1) is 24.3. The van der Waals surface area contributed by atoms with Crippen LogP contribution in [0.25, 0.3) is 0 Å². The van der Waals surface area contributed by atoms with E-state index in [9.17, 15) is 0 Å². The predicted molar refractivity (Wildman–Crippen MR) is 132 cm³/mol. The number of aliphatic imine (C=N–C) groups is 1. The van der Waals surface area contributed by atoms with Gasteiger partial charge in [0.2, 0.25) is 0 Å². The fourth-order valence-corrected chi connectivity index (χ4v) is 4.34. The van der Waals surface area contributed by atoms with E-state index in [4.69, 9.17) is 16.3 Å². The number of guanidine groups is 1. The number of ether oxygens (including phenoxy) is 1. The zero-order chi connectivity index (χ0) is 19.8. The van der Waals surface area contributed by atoms with Crippen molar-refractivity contribution in [3.05, 3.63) is 50.9 Å². The third-order valence-electron chi connectivity index (χ3n) is 4.74. The molecule has 0 saturated carbocycles.